The zero-order chi connectivity index (χ0) is 14.4. The second-order valence-corrected chi connectivity index (χ2v) is 5.14. The molecule has 0 spiro atoms. The lowest BCUT2D eigenvalue weighted by atomic mass is 10.1. The van der Waals surface area contributed by atoms with Crippen molar-refractivity contribution in [3.8, 4) is 11.4 Å². The zero-order valence-electron chi connectivity index (χ0n) is 11.3. The number of nitrogens with zero attached hydrogens (tertiary/aromatic N) is 4. The van der Waals surface area contributed by atoms with E-state index < -0.39 is 0 Å². The molecule has 102 valence electrons. The molecule has 0 radical (unpaired) electrons. The maximum absolute atomic E-state index is 14.0. The average molecular weight is 291 g/mol. The lowest BCUT2D eigenvalue weighted by molar-refractivity contribution is 0.628. The molecule has 0 aliphatic heterocycles. The highest BCUT2D eigenvalue weighted by Gasteiger charge is 2.17. The summed E-state index contributed by atoms with van der Waals surface area (Å²) in [5.41, 5.74) is 3.62. The molecule has 0 bridgehead atoms. The molecule has 0 unspecified atom stereocenters. The van der Waals surface area contributed by atoms with Gasteiger partial charge in [-0.3, -0.25) is 0 Å². The van der Waals surface area contributed by atoms with Gasteiger partial charge >= 0.3 is 0 Å². The molecule has 0 saturated heterocycles. The molecule has 0 aliphatic carbocycles. The monoisotopic (exact) mass is 290 g/mol. The Bertz CT molecular complexity index is 826. The fraction of sp³-hybridized carbons (Fsp3) is 0.214. The second-order valence-electron chi connectivity index (χ2n) is 4.78. The van der Waals surface area contributed by atoms with E-state index in [0.29, 0.717) is 22.2 Å². The molecule has 1 aromatic carbocycles. The van der Waals surface area contributed by atoms with Gasteiger partial charge in [-0.25, -0.2) is 4.39 Å². The van der Waals surface area contributed by atoms with E-state index in [0.717, 1.165) is 16.7 Å². The van der Waals surface area contributed by atoms with Crippen molar-refractivity contribution < 1.29 is 4.39 Å². The summed E-state index contributed by atoms with van der Waals surface area (Å²) in [6, 6.07) is 4.84. The first-order valence-corrected chi connectivity index (χ1v) is 6.51. The predicted octanol–water partition coefficient (Wildman–Crippen LogP) is 3.51. The number of aryl methyl sites for hydroxylation is 2. The van der Waals surface area contributed by atoms with Crippen LogP contribution < -0.4 is 0 Å². The van der Waals surface area contributed by atoms with Crippen molar-refractivity contribution in [2.45, 2.75) is 20.8 Å². The quantitative estimate of drug-likeness (QED) is 0.689. The second kappa shape index (κ2) is 4.52. The normalized spacial score (nSPS) is 11.2. The van der Waals surface area contributed by atoms with Crippen LogP contribution in [0.3, 0.4) is 0 Å². The summed E-state index contributed by atoms with van der Waals surface area (Å²) in [5, 5.41) is 12.8. The minimum absolute atomic E-state index is 0.353. The van der Waals surface area contributed by atoms with Crippen LogP contribution >= 0.6 is 11.6 Å². The SMILES string of the molecule is Cc1ccc(F)c(-c2nnc3c(C)c(C)c(Cl)nn23)c1. The van der Waals surface area contributed by atoms with Crippen molar-refractivity contribution in [2.75, 3.05) is 0 Å². The van der Waals surface area contributed by atoms with Gasteiger partial charge in [0.25, 0.3) is 0 Å². The van der Waals surface area contributed by atoms with E-state index in [1.165, 1.54) is 10.6 Å². The molecule has 0 atom stereocenters. The fourth-order valence-electron chi connectivity index (χ4n) is 2.07. The summed E-state index contributed by atoms with van der Waals surface area (Å²) in [7, 11) is 0. The summed E-state index contributed by atoms with van der Waals surface area (Å²) in [5.74, 6) is -0.00718. The van der Waals surface area contributed by atoms with Crippen LogP contribution in [0.5, 0.6) is 0 Å². The Morgan fingerprint density at radius 2 is 1.85 bits per heavy atom. The third kappa shape index (κ3) is 1.86. The highest BCUT2D eigenvalue weighted by molar-refractivity contribution is 6.30. The van der Waals surface area contributed by atoms with Crippen LogP contribution in [0.15, 0.2) is 18.2 Å². The van der Waals surface area contributed by atoms with Gasteiger partial charge in [0.1, 0.15) is 5.82 Å². The topological polar surface area (TPSA) is 43.1 Å². The molecule has 6 heteroatoms. The van der Waals surface area contributed by atoms with E-state index in [4.69, 9.17) is 11.6 Å². The van der Waals surface area contributed by atoms with Crippen LogP contribution in [0.4, 0.5) is 4.39 Å². The molecule has 0 aliphatic rings. The number of aromatic nitrogens is 4. The average Bonchev–Trinajstić information content (AvgIpc) is 2.82. The minimum atomic E-state index is -0.360. The molecule has 0 amide bonds. The van der Waals surface area contributed by atoms with Crippen LogP contribution in [-0.2, 0) is 0 Å². The van der Waals surface area contributed by atoms with Gasteiger partial charge < -0.3 is 0 Å². The van der Waals surface area contributed by atoms with Crippen molar-refractivity contribution in [3.05, 3.63) is 45.9 Å². The molecular weight excluding hydrogens is 279 g/mol. The Kier molecular flexibility index (Phi) is 2.94. The lowest BCUT2D eigenvalue weighted by Crippen LogP contribution is -2.01. The van der Waals surface area contributed by atoms with Gasteiger partial charge in [-0.05, 0) is 38.5 Å². The standard InChI is InChI=1S/C14H12ClFN4/c1-7-4-5-11(16)10(6-7)14-18-17-13-9(3)8(2)12(15)19-20(13)14/h4-6H,1-3H3. The first-order valence-electron chi connectivity index (χ1n) is 6.13. The molecule has 20 heavy (non-hydrogen) atoms. The van der Waals surface area contributed by atoms with E-state index in [-0.39, 0.29) is 5.82 Å². The first-order chi connectivity index (χ1) is 9.49. The zero-order valence-corrected chi connectivity index (χ0v) is 12.0. The van der Waals surface area contributed by atoms with E-state index in [9.17, 15) is 4.39 Å². The number of hydrogen-bond donors (Lipinski definition) is 0. The van der Waals surface area contributed by atoms with Gasteiger partial charge in [-0.15, -0.1) is 10.2 Å². The van der Waals surface area contributed by atoms with Crippen LogP contribution in [0, 0.1) is 26.6 Å². The summed E-state index contributed by atoms with van der Waals surface area (Å²) in [6.07, 6.45) is 0. The lowest BCUT2D eigenvalue weighted by Gasteiger charge is -2.06. The van der Waals surface area contributed by atoms with Crippen molar-refractivity contribution in [1.29, 1.82) is 0 Å². The largest absolute Gasteiger partial charge is 0.206 e. The van der Waals surface area contributed by atoms with Gasteiger partial charge in [-0.1, -0.05) is 23.2 Å². The first kappa shape index (κ1) is 13.0. The van der Waals surface area contributed by atoms with Crippen LogP contribution in [-0.4, -0.2) is 19.8 Å². The van der Waals surface area contributed by atoms with Gasteiger partial charge in [-0.2, -0.15) is 9.61 Å². The van der Waals surface area contributed by atoms with Crippen molar-refractivity contribution >= 4 is 17.2 Å². The van der Waals surface area contributed by atoms with Gasteiger partial charge in [0, 0.05) is 5.56 Å². The Labute approximate surface area is 120 Å². The van der Waals surface area contributed by atoms with E-state index in [1.807, 2.05) is 20.8 Å². The van der Waals surface area contributed by atoms with Gasteiger partial charge in [0.2, 0.25) is 0 Å². The maximum Gasteiger partial charge on any atom is 0.188 e. The molecule has 3 rings (SSSR count). The molecule has 4 nitrogen and oxygen atoms in total. The Morgan fingerprint density at radius 3 is 2.60 bits per heavy atom. The van der Waals surface area contributed by atoms with E-state index in [1.54, 1.807) is 12.1 Å². The molecule has 2 aromatic heterocycles. The third-order valence-corrected chi connectivity index (χ3v) is 3.76. The van der Waals surface area contributed by atoms with Crippen LogP contribution in [0.25, 0.3) is 17.0 Å². The maximum atomic E-state index is 14.0. The number of benzene rings is 1. The smallest absolute Gasteiger partial charge is 0.188 e. The van der Waals surface area contributed by atoms with Crippen molar-refractivity contribution in [1.82, 2.24) is 19.8 Å². The molecule has 0 fully saturated rings. The van der Waals surface area contributed by atoms with Crippen molar-refractivity contribution in [3.63, 3.8) is 0 Å². The molecule has 0 saturated carbocycles. The summed E-state index contributed by atoms with van der Waals surface area (Å²) in [6.45, 7) is 5.65. The third-order valence-electron chi connectivity index (χ3n) is 3.40. The highest BCUT2D eigenvalue weighted by atomic mass is 35.5. The van der Waals surface area contributed by atoms with Gasteiger partial charge in [0.05, 0.1) is 5.56 Å². The molecule has 0 N–H and O–H groups in total. The predicted molar refractivity (Wildman–Crippen MR) is 75.4 cm³/mol. The summed E-state index contributed by atoms with van der Waals surface area (Å²) < 4.78 is 15.5. The molecular formula is C14H12ClFN4. The summed E-state index contributed by atoms with van der Waals surface area (Å²) in [4.78, 5) is 0. The van der Waals surface area contributed by atoms with E-state index >= 15 is 0 Å². The van der Waals surface area contributed by atoms with Crippen LogP contribution in [0.2, 0.25) is 5.15 Å². The minimum Gasteiger partial charge on any atom is -0.206 e. The highest BCUT2D eigenvalue weighted by Crippen LogP contribution is 2.26. The van der Waals surface area contributed by atoms with E-state index in [2.05, 4.69) is 15.3 Å². The molecule has 3 aromatic rings. The summed E-state index contributed by atoms with van der Waals surface area (Å²) >= 11 is 6.10. The Balaban J connectivity index is 2.36. The van der Waals surface area contributed by atoms with Crippen molar-refractivity contribution in [2.24, 2.45) is 0 Å². The Hall–Kier alpha value is -2.01. The van der Waals surface area contributed by atoms with Crippen LogP contribution in [0.1, 0.15) is 16.7 Å². The number of fused-ring (bicyclic) bond motifs is 1. The number of hydrogen-bond acceptors (Lipinski definition) is 3. The number of halogens is 2. The van der Waals surface area contributed by atoms with Gasteiger partial charge in [0.15, 0.2) is 16.6 Å². The number of rotatable bonds is 1. The Morgan fingerprint density at radius 1 is 1.10 bits per heavy atom. The molecule has 2 heterocycles. The fourth-order valence-corrected chi connectivity index (χ4v) is 2.29.